The molecular weight excluding hydrogens is 373 g/mol. The molecule has 1 aliphatic rings. The molecule has 0 fully saturated rings. The molecule has 0 saturated heterocycles. The number of amidine groups is 1. The standard InChI is InChI=1S/C6H6Cl6N4O2/c7-5(8,9)1(17)14-4-15-2(6(10,11)12)18-3(13)16-4/h1-2,17H,(H3,13,14,15,16)/t1-,2-/m0/s1. The van der Waals surface area contributed by atoms with Crippen molar-refractivity contribution in [3.8, 4) is 0 Å². The summed E-state index contributed by atoms with van der Waals surface area (Å²) in [6, 6.07) is -0.319. The molecule has 0 spiro atoms. The molecule has 18 heavy (non-hydrogen) atoms. The van der Waals surface area contributed by atoms with Crippen LogP contribution in [0, 0.1) is 0 Å². The van der Waals surface area contributed by atoms with Crippen LogP contribution >= 0.6 is 69.6 Å². The number of aliphatic imine (C=N–C) groups is 2. The molecule has 4 N–H and O–H groups in total. The van der Waals surface area contributed by atoms with Crippen molar-refractivity contribution in [2.75, 3.05) is 0 Å². The van der Waals surface area contributed by atoms with Crippen LogP contribution in [-0.4, -0.2) is 37.1 Å². The molecular formula is C6H6Cl6N4O2. The lowest BCUT2D eigenvalue weighted by Gasteiger charge is -2.26. The zero-order valence-corrected chi connectivity index (χ0v) is 12.8. The minimum absolute atomic E-state index is 0.200. The number of ether oxygens (including phenoxy) is 1. The van der Waals surface area contributed by atoms with E-state index in [1.54, 1.807) is 0 Å². The van der Waals surface area contributed by atoms with E-state index in [1.165, 1.54) is 0 Å². The van der Waals surface area contributed by atoms with Crippen molar-refractivity contribution in [3.63, 3.8) is 0 Å². The third kappa shape index (κ3) is 4.85. The molecule has 1 aliphatic heterocycles. The van der Waals surface area contributed by atoms with E-state index in [1.807, 2.05) is 0 Å². The fourth-order valence-electron chi connectivity index (χ4n) is 0.825. The predicted molar refractivity (Wildman–Crippen MR) is 73.7 cm³/mol. The van der Waals surface area contributed by atoms with E-state index in [-0.39, 0.29) is 12.0 Å². The average Bonchev–Trinajstić information content (AvgIpc) is 2.13. The van der Waals surface area contributed by atoms with Crippen molar-refractivity contribution in [1.29, 1.82) is 0 Å². The summed E-state index contributed by atoms with van der Waals surface area (Å²) in [7, 11) is 0. The Kier molecular flexibility index (Phi) is 5.34. The van der Waals surface area contributed by atoms with Crippen molar-refractivity contribution in [1.82, 2.24) is 5.32 Å². The molecule has 0 aromatic rings. The number of aliphatic hydroxyl groups is 1. The second-order valence-electron chi connectivity index (χ2n) is 3.00. The van der Waals surface area contributed by atoms with Gasteiger partial charge < -0.3 is 20.9 Å². The average molecular weight is 379 g/mol. The zero-order valence-electron chi connectivity index (χ0n) is 8.25. The maximum Gasteiger partial charge on any atom is 0.292 e. The van der Waals surface area contributed by atoms with Gasteiger partial charge in [-0.25, -0.2) is 4.99 Å². The van der Waals surface area contributed by atoms with E-state index in [0.717, 1.165) is 0 Å². The molecule has 0 aromatic carbocycles. The van der Waals surface area contributed by atoms with Crippen molar-refractivity contribution in [2.45, 2.75) is 20.0 Å². The summed E-state index contributed by atoms with van der Waals surface area (Å²) in [4.78, 5) is 7.34. The van der Waals surface area contributed by atoms with Crippen LogP contribution in [0.2, 0.25) is 0 Å². The first-order chi connectivity index (χ1) is 8.00. The molecule has 1 heterocycles. The summed E-state index contributed by atoms with van der Waals surface area (Å²) >= 11 is 33.1. The first-order valence-corrected chi connectivity index (χ1v) is 6.43. The number of guanidine groups is 1. The molecule has 0 aliphatic carbocycles. The van der Waals surface area contributed by atoms with E-state index in [2.05, 4.69) is 15.3 Å². The Hall–Kier alpha value is 0.440. The maximum atomic E-state index is 9.48. The van der Waals surface area contributed by atoms with Gasteiger partial charge in [-0.3, -0.25) is 0 Å². The van der Waals surface area contributed by atoms with E-state index < -0.39 is 20.0 Å². The lowest BCUT2D eigenvalue weighted by atomic mass is 10.6. The Morgan fingerprint density at radius 2 is 1.83 bits per heavy atom. The first-order valence-electron chi connectivity index (χ1n) is 4.17. The summed E-state index contributed by atoms with van der Waals surface area (Å²) in [5.74, 6) is -0.200. The molecule has 12 heteroatoms. The van der Waals surface area contributed by atoms with Crippen LogP contribution in [0.5, 0.6) is 0 Å². The molecule has 2 atom stereocenters. The van der Waals surface area contributed by atoms with E-state index in [0.29, 0.717) is 0 Å². The van der Waals surface area contributed by atoms with Crippen LogP contribution < -0.4 is 11.1 Å². The molecule has 0 unspecified atom stereocenters. The lowest BCUT2D eigenvalue weighted by molar-refractivity contribution is 0.158. The van der Waals surface area contributed by atoms with Gasteiger partial charge in [0.25, 0.3) is 6.02 Å². The molecule has 6 nitrogen and oxygen atoms in total. The van der Waals surface area contributed by atoms with E-state index in [4.69, 9.17) is 80.1 Å². The third-order valence-electron chi connectivity index (χ3n) is 1.54. The smallest absolute Gasteiger partial charge is 0.292 e. The van der Waals surface area contributed by atoms with Gasteiger partial charge in [-0.2, -0.15) is 4.99 Å². The summed E-state index contributed by atoms with van der Waals surface area (Å²) in [6.07, 6.45) is -2.84. The van der Waals surface area contributed by atoms with Crippen molar-refractivity contribution in [2.24, 2.45) is 15.7 Å². The normalized spacial score (nSPS) is 22.7. The number of hydrogen-bond donors (Lipinski definition) is 3. The van der Waals surface area contributed by atoms with Gasteiger partial charge in [-0.1, -0.05) is 69.6 Å². The number of alkyl halides is 6. The maximum absolute atomic E-state index is 9.48. The highest BCUT2D eigenvalue weighted by Gasteiger charge is 2.38. The second-order valence-corrected chi connectivity index (χ2v) is 7.74. The highest BCUT2D eigenvalue weighted by Crippen LogP contribution is 2.34. The lowest BCUT2D eigenvalue weighted by Crippen LogP contribution is -2.47. The van der Waals surface area contributed by atoms with Crippen LogP contribution in [0.3, 0.4) is 0 Å². The van der Waals surface area contributed by atoms with Gasteiger partial charge >= 0.3 is 0 Å². The monoisotopic (exact) mass is 376 g/mol. The molecule has 0 aromatic heterocycles. The Morgan fingerprint density at radius 3 is 2.28 bits per heavy atom. The van der Waals surface area contributed by atoms with Gasteiger partial charge in [0.05, 0.1) is 0 Å². The van der Waals surface area contributed by atoms with Crippen LogP contribution in [0.25, 0.3) is 0 Å². The van der Waals surface area contributed by atoms with E-state index in [9.17, 15) is 5.11 Å². The van der Waals surface area contributed by atoms with E-state index >= 15 is 0 Å². The number of nitrogens with two attached hydrogens (primary N) is 1. The molecule has 1 rings (SSSR count). The fraction of sp³-hybridized carbons (Fsp3) is 0.667. The first kappa shape index (κ1) is 16.5. The highest BCUT2D eigenvalue weighted by atomic mass is 35.6. The van der Waals surface area contributed by atoms with Gasteiger partial charge in [0.2, 0.25) is 19.8 Å². The number of halogens is 6. The number of nitrogens with one attached hydrogen (secondary N) is 1. The molecule has 0 amide bonds. The van der Waals surface area contributed by atoms with Crippen molar-refractivity contribution < 1.29 is 9.84 Å². The minimum Gasteiger partial charge on any atom is -0.434 e. The number of aliphatic hydroxyl groups excluding tert-OH is 1. The Labute approximate surface area is 132 Å². The van der Waals surface area contributed by atoms with Gasteiger partial charge in [-0.05, 0) is 0 Å². The van der Waals surface area contributed by atoms with Crippen molar-refractivity contribution in [3.05, 3.63) is 0 Å². The quantitative estimate of drug-likeness (QED) is 0.478. The Morgan fingerprint density at radius 1 is 1.28 bits per heavy atom. The van der Waals surface area contributed by atoms with Gasteiger partial charge in [0.15, 0.2) is 6.23 Å². The van der Waals surface area contributed by atoms with Gasteiger partial charge in [0.1, 0.15) is 0 Å². The molecule has 0 radical (unpaired) electrons. The Bertz CT molecular complexity index is 375. The van der Waals surface area contributed by atoms with Crippen LogP contribution in [0.1, 0.15) is 0 Å². The van der Waals surface area contributed by atoms with Crippen LogP contribution in [0.15, 0.2) is 9.98 Å². The number of nitrogens with zero attached hydrogens (tertiary/aromatic N) is 2. The fourth-order valence-corrected chi connectivity index (χ4v) is 1.27. The minimum atomic E-state index is -2.00. The Balaban J connectivity index is 2.84. The zero-order chi connectivity index (χ0) is 14.1. The van der Waals surface area contributed by atoms with Crippen molar-refractivity contribution >= 4 is 81.6 Å². The summed E-state index contributed by atoms with van der Waals surface area (Å²) in [6.45, 7) is 0. The third-order valence-corrected chi connectivity index (χ3v) is 2.72. The number of hydrogen-bond acceptors (Lipinski definition) is 6. The highest BCUT2D eigenvalue weighted by molar-refractivity contribution is 6.68. The second kappa shape index (κ2) is 5.83. The van der Waals surface area contributed by atoms with Gasteiger partial charge in [0, 0.05) is 0 Å². The SMILES string of the molecule is NC1=NC(N[C@@H](O)C(Cl)(Cl)Cl)=N[C@H](C(Cl)(Cl)Cl)O1. The molecule has 0 bridgehead atoms. The molecule has 0 saturated carbocycles. The van der Waals surface area contributed by atoms with Crippen LogP contribution in [0.4, 0.5) is 0 Å². The number of rotatable bonds is 1. The summed E-state index contributed by atoms with van der Waals surface area (Å²) in [5, 5.41) is 11.8. The van der Waals surface area contributed by atoms with Gasteiger partial charge in [-0.15, -0.1) is 0 Å². The predicted octanol–water partition coefficient (Wildman–Crippen LogP) is 1.66. The topological polar surface area (TPSA) is 92.2 Å². The summed E-state index contributed by atoms with van der Waals surface area (Å²) < 4.78 is 0.996. The molecule has 104 valence electrons. The summed E-state index contributed by atoms with van der Waals surface area (Å²) in [5.41, 5.74) is 5.35. The van der Waals surface area contributed by atoms with Crippen LogP contribution in [-0.2, 0) is 4.74 Å². The largest absolute Gasteiger partial charge is 0.434 e.